The van der Waals surface area contributed by atoms with Crippen molar-refractivity contribution in [2.45, 2.75) is 25.7 Å². The Morgan fingerprint density at radius 2 is 2.00 bits per heavy atom. The number of methoxy groups -OCH3 is 1. The van der Waals surface area contributed by atoms with E-state index in [0.29, 0.717) is 18.2 Å². The highest BCUT2D eigenvalue weighted by atomic mass is 19.1. The predicted octanol–water partition coefficient (Wildman–Crippen LogP) is 3.00. The maximum absolute atomic E-state index is 13.8. The Hall–Kier alpha value is -1.58. The van der Waals surface area contributed by atoms with Crippen LogP contribution in [0.3, 0.4) is 0 Å². The fourth-order valence-electron chi connectivity index (χ4n) is 2.88. The Bertz CT molecular complexity index is 497. The van der Waals surface area contributed by atoms with Crippen molar-refractivity contribution in [3.8, 4) is 5.75 Å². The molecule has 0 unspecified atom stereocenters. The van der Waals surface area contributed by atoms with Crippen LogP contribution in [0.2, 0.25) is 0 Å². The summed E-state index contributed by atoms with van der Waals surface area (Å²) >= 11 is 0. The van der Waals surface area contributed by atoms with E-state index in [1.807, 2.05) is 0 Å². The van der Waals surface area contributed by atoms with Crippen molar-refractivity contribution < 1.29 is 13.9 Å². The van der Waals surface area contributed by atoms with Crippen molar-refractivity contribution in [3.05, 3.63) is 29.6 Å². The molecule has 1 N–H and O–H groups in total. The van der Waals surface area contributed by atoms with Crippen LogP contribution in [0.25, 0.3) is 0 Å². The smallest absolute Gasteiger partial charge is 0.254 e. The first kappa shape index (κ1) is 13.4. The van der Waals surface area contributed by atoms with Crippen LogP contribution < -0.4 is 10.1 Å². The van der Waals surface area contributed by atoms with Gasteiger partial charge in [-0.1, -0.05) is 0 Å². The Morgan fingerprint density at radius 1 is 1.35 bits per heavy atom. The van der Waals surface area contributed by atoms with E-state index in [1.165, 1.54) is 44.9 Å². The fourth-order valence-corrected chi connectivity index (χ4v) is 2.88. The third-order valence-electron chi connectivity index (χ3n) is 4.37. The topological polar surface area (TPSA) is 38.3 Å². The minimum atomic E-state index is -0.531. The first-order chi connectivity index (χ1) is 9.69. The lowest BCUT2D eigenvalue weighted by atomic mass is 9.98. The molecule has 0 heterocycles. The van der Waals surface area contributed by atoms with Gasteiger partial charge in [-0.25, -0.2) is 4.39 Å². The van der Waals surface area contributed by atoms with E-state index in [-0.39, 0.29) is 11.5 Å². The van der Waals surface area contributed by atoms with Crippen LogP contribution in [-0.4, -0.2) is 19.6 Å². The molecule has 1 amide bonds. The molecule has 1 aromatic rings. The van der Waals surface area contributed by atoms with Gasteiger partial charge in [0.15, 0.2) is 0 Å². The summed E-state index contributed by atoms with van der Waals surface area (Å²) in [7, 11) is 1.48. The molecule has 2 saturated carbocycles. The number of hydrogen-bond acceptors (Lipinski definition) is 2. The average molecular weight is 277 g/mol. The summed E-state index contributed by atoms with van der Waals surface area (Å²) in [5.74, 6) is 1.73. The zero-order chi connectivity index (χ0) is 14.1. The van der Waals surface area contributed by atoms with Gasteiger partial charge in [-0.15, -0.1) is 0 Å². The summed E-state index contributed by atoms with van der Waals surface area (Å²) in [6.45, 7) is 0.680. The monoisotopic (exact) mass is 277 g/mol. The Kier molecular flexibility index (Phi) is 3.64. The lowest BCUT2D eigenvalue weighted by Gasteiger charge is -2.16. The second-order valence-electron chi connectivity index (χ2n) is 5.89. The van der Waals surface area contributed by atoms with E-state index in [2.05, 4.69) is 5.32 Å². The Morgan fingerprint density at radius 3 is 2.50 bits per heavy atom. The van der Waals surface area contributed by atoms with Crippen LogP contribution >= 0.6 is 0 Å². The molecular formula is C16H20FNO2. The average Bonchev–Trinajstić information content (AvgIpc) is 3.31. The van der Waals surface area contributed by atoms with Gasteiger partial charge in [0, 0.05) is 12.6 Å². The molecule has 2 fully saturated rings. The van der Waals surface area contributed by atoms with Gasteiger partial charge in [-0.2, -0.15) is 0 Å². The number of benzene rings is 1. The number of carbonyl (C=O) groups is 1. The number of ether oxygens (including phenoxy) is 1. The van der Waals surface area contributed by atoms with Gasteiger partial charge in [0.25, 0.3) is 5.91 Å². The number of rotatable bonds is 6. The molecule has 3 nitrogen and oxygen atoms in total. The first-order valence-electron chi connectivity index (χ1n) is 7.30. The SMILES string of the molecule is COc1ccc(C(=O)NCC(C2CC2)C2CC2)c(F)c1. The highest BCUT2D eigenvalue weighted by Gasteiger charge is 2.41. The lowest BCUT2D eigenvalue weighted by Crippen LogP contribution is -2.31. The van der Waals surface area contributed by atoms with Crippen LogP contribution in [0.1, 0.15) is 36.0 Å². The largest absolute Gasteiger partial charge is 0.497 e. The minimum Gasteiger partial charge on any atom is -0.497 e. The summed E-state index contributed by atoms with van der Waals surface area (Å²) in [6, 6.07) is 4.33. The van der Waals surface area contributed by atoms with Crippen LogP contribution in [0, 0.1) is 23.6 Å². The molecule has 0 spiro atoms. The lowest BCUT2D eigenvalue weighted by molar-refractivity contribution is 0.0939. The highest BCUT2D eigenvalue weighted by molar-refractivity contribution is 5.94. The quantitative estimate of drug-likeness (QED) is 0.868. The molecule has 3 rings (SSSR count). The molecule has 4 heteroatoms. The summed E-state index contributed by atoms with van der Waals surface area (Å²) in [6.07, 6.45) is 5.14. The molecule has 0 atom stereocenters. The van der Waals surface area contributed by atoms with Gasteiger partial charge in [-0.3, -0.25) is 4.79 Å². The van der Waals surface area contributed by atoms with E-state index in [9.17, 15) is 9.18 Å². The van der Waals surface area contributed by atoms with Crippen LogP contribution in [-0.2, 0) is 0 Å². The first-order valence-corrected chi connectivity index (χ1v) is 7.30. The minimum absolute atomic E-state index is 0.0937. The van der Waals surface area contributed by atoms with E-state index in [0.717, 1.165) is 11.8 Å². The van der Waals surface area contributed by atoms with Gasteiger partial charge in [-0.05, 0) is 55.6 Å². The third kappa shape index (κ3) is 2.94. The second-order valence-corrected chi connectivity index (χ2v) is 5.89. The summed E-state index contributed by atoms with van der Waals surface area (Å²) < 4.78 is 18.7. The summed E-state index contributed by atoms with van der Waals surface area (Å²) in [5, 5.41) is 2.90. The van der Waals surface area contributed by atoms with Crippen LogP contribution in [0.5, 0.6) is 5.75 Å². The molecule has 108 valence electrons. The maximum Gasteiger partial charge on any atom is 0.254 e. The van der Waals surface area contributed by atoms with Crippen LogP contribution in [0.15, 0.2) is 18.2 Å². The van der Waals surface area contributed by atoms with E-state index in [4.69, 9.17) is 4.74 Å². The van der Waals surface area contributed by atoms with Gasteiger partial charge >= 0.3 is 0 Å². The molecule has 2 aliphatic carbocycles. The van der Waals surface area contributed by atoms with Crippen molar-refractivity contribution >= 4 is 5.91 Å². The van der Waals surface area contributed by atoms with E-state index >= 15 is 0 Å². The molecule has 0 aromatic heterocycles. The molecule has 0 bridgehead atoms. The van der Waals surface area contributed by atoms with Crippen LogP contribution in [0.4, 0.5) is 4.39 Å². The maximum atomic E-state index is 13.8. The van der Waals surface area contributed by atoms with E-state index in [1.54, 1.807) is 6.07 Å². The standard InChI is InChI=1S/C16H20FNO2/c1-20-12-6-7-13(15(17)8-12)16(19)18-9-14(10-2-3-10)11-4-5-11/h6-8,10-11,14H,2-5,9H2,1H3,(H,18,19). The van der Waals surface area contributed by atoms with E-state index < -0.39 is 5.82 Å². The number of halogens is 1. The number of amides is 1. The second kappa shape index (κ2) is 5.43. The normalized spacial score (nSPS) is 18.1. The van der Waals surface area contributed by atoms with Crippen molar-refractivity contribution in [1.29, 1.82) is 0 Å². The van der Waals surface area contributed by atoms with Gasteiger partial charge in [0.05, 0.1) is 12.7 Å². The zero-order valence-corrected chi connectivity index (χ0v) is 11.7. The van der Waals surface area contributed by atoms with Gasteiger partial charge < -0.3 is 10.1 Å². The number of nitrogens with one attached hydrogen (secondary N) is 1. The van der Waals surface area contributed by atoms with Gasteiger partial charge in [0.2, 0.25) is 0 Å². The van der Waals surface area contributed by atoms with Gasteiger partial charge in [0.1, 0.15) is 11.6 Å². The molecule has 0 radical (unpaired) electrons. The third-order valence-corrected chi connectivity index (χ3v) is 4.37. The van der Waals surface area contributed by atoms with Crippen molar-refractivity contribution in [1.82, 2.24) is 5.32 Å². The predicted molar refractivity (Wildman–Crippen MR) is 74.2 cm³/mol. The molecule has 20 heavy (non-hydrogen) atoms. The van der Waals surface area contributed by atoms with Crippen molar-refractivity contribution in [3.63, 3.8) is 0 Å². The summed E-state index contributed by atoms with van der Waals surface area (Å²) in [5.41, 5.74) is 0.0937. The number of hydrogen-bond donors (Lipinski definition) is 1. The highest BCUT2D eigenvalue weighted by Crippen LogP contribution is 2.48. The number of carbonyl (C=O) groups excluding carboxylic acids is 1. The fraction of sp³-hybridized carbons (Fsp3) is 0.562. The Labute approximate surface area is 118 Å². The van der Waals surface area contributed by atoms with Crippen molar-refractivity contribution in [2.24, 2.45) is 17.8 Å². The molecule has 2 aliphatic rings. The summed E-state index contributed by atoms with van der Waals surface area (Å²) in [4.78, 5) is 12.1. The molecule has 0 saturated heterocycles. The van der Waals surface area contributed by atoms with Crippen molar-refractivity contribution in [2.75, 3.05) is 13.7 Å². The zero-order valence-electron chi connectivity index (χ0n) is 11.7. The molecule has 0 aliphatic heterocycles. The Balaban J connectivity index is 1.60. The molecule has 1 aromatic carbocycles. The molecular weight excluding hydrogens is 257 g/mol.